The van der Waals surface area contributed by atoms with E-state index in [-0.39, 0.29) is 0 Å². The van der Waals surface area contributed by atoms with E-state index in [0.717, 1.165) is 0 Å². The van der Waals surface area contributed by atoms with Crippen LogP contribution in [0.3, 0.4) is 0 Å². The Morgan fingerprint density at radius 2 is 0.875 bits per heavy atom. The van der Waals surface area contributed by atoms with E-state index in [2.05, 4.69) is 73.8 Å². The van der Waals surface area contributed by atoms with Crippen LogP contribution in [0.4, 0.5) is 0 Å². The Labute approximate surface area is 100 Å². The molecule has 0 radical (unpaired) electrons. The fourth-order valence-corrected chi connectivity index (χ4v) is 7.66. The van der Waals surface area contributed by atoms with Crippen LogP contribution in [0.5, 0.6) is 0 Å². The second-order valence-electron chi connectivity index (χ2n) is 3.98. The molecule has 0 saturated heterocycles. The topological polar surface area (TPSA) is 0 Å². The van der Waals surface area contributed by atoms with Gasteiger partial charge in [-0.25, -0.2) is 0 Å². The van der Waals surface area contributed by atoms with Crippen LogP contribution in [0, 0.1) is 0 Å². The first kappa shape index (κ1) is 11.4. The van der Waals surface area contributed by atoms with Crippen molar-refractivity contribution in [2.45, 2.75) is 13.1 Å². The second kappa shape index (κ2) is 5.28. The summed E-state index contributed by atoms with van der Waals surface area (Å²) in [5.74, 6) is 0. The molecule has 80 valence electrons. The van der Waals surface area contributed by atoms with Crippen molar-refractivity contribution in [2.24, 2.45) is 0 Å². The molecule has 0 aliphatic rings. The Balaban J connectivity index is 2.43. The summed E-state index contributed by atoms with van der Waals surface area (Å²) in [5.41, 5.74) is 0. The normalized spacial score (nSPS) is 12.1. The maximum atomic E-state index is 2.45. The highest BCUT2D eigenvalue weighted by atomic mass is 28.9. The van der Waals surface area contributed by atoms with Crippen LogP contribution >= 0.6 is 0 Å². The number of hydrogen-bond donors (Lipinski definition) is 0. The van der Waals surface area contributed by atoms with Crippen molar-refractivity contribution in [3.05, 3.63) is 60.7 Å². The Kier molecular flexibility index (Phi) is 3.75. The second-order valence-corrected chi connectivity index (χ2v) is 12.1. The van der Waals surface area contributed by atoms with Crippen molar-refractivity contribution in [3.8, 4) is 0 Å². The maximum absolute atomic E-state index is 2.45. The predicted molar refractivity (Wildman–Crippen MR) is 75.4 cm³/mol. The van der Waals surface area contributed by atoms with E-state index >= 15 is 0 Å². The van der Waals surface area contributed by atoms with Crippen LogP contribution in [0.1, 0.15) is 0 Å². The molecular formula is C14H16Si2. The maximum Gasteiger partial charge on any atom is 0.0259 e. The quantitative estimate of drug-likeness (QED) is 0.706. The molecule has 2 rings (SSSR count). The van der Waals surface area contributed by atoms with E-state index in [1.165, 1.54) is 0 Å². The van der Waals surface area contributed by atoms with Crippen molar-refractivity contribution in [3.63, 3.8) is 0 Å². The molecule has 0 saturated carbocycles. The van der Waals surface area contributed by atoms with Gasteiger partial charge in [0.15, 0.2) is 0 Å². The van der Waals surface area contributed by atoms with Crippen LogP contribution in [0.25, 0.3) is 0 Å². The van der Waals surface area contributed by atoms with Gasteiger partial charge in [0.05, 0.1) is 0 Å². The highest BCUT2D eigenvalue weighted by Crippen LogP contribution is 1.88. The summed E-state index contributed by atoms with van der Waals surface area (Å²) in [4.78, 5) is 0. The van der Waals surface area contributed by atoms with Gasteiger partial charge in [0.2, 0.25) is 0 Å². The lowest BCUT2D eigenvalue weighted by Crippen LogP contribution is -2.33. The zero-order valence-corrected chi connectivity index (χ0v) is 11.8. The minimum absolute atomic E-state index is 0.395. The first-order chi connectivity index (χ1) is 7.79. The molecule has 0 aromatic heterocycles. The monoisotopic (exact) mass is 240 g/mol. The van der Waals surface area contributed by atoms with Crippen LogP contribution in [0.2, 0.25) is 13.1 Å². The third-order valence-electron chi connectivity index (χ3n) is 2.98. The highest BCUT2D eigenvalue weighted by Gasteiger charge is 2.03. The third kappa shape index (κ3) is 2.51. The molecule has 0 N–H and O–H groups in total. The predicted octanol–water partition coefficient (Wildman–Crippen LogP) is 2.13. The summed E-state index contributed by atoms with van der Waals surface area (Å²) in [5, 5.41) is 3.13. The molecule has 0 nitrogen and oxygen atoms in total. The Morgan fingerprint density at radius 3 is 1.19 bits per heavy atom. The summed E-state index contributed by atoms with van der Waals surface area (Å²) in [6, 6.07) is 22.0. The molecule has 2 aromatic rings. The summed E-state index contributed by atoms with van der Waals surface area (Å²) >= 11 is 0. The van der Waals surface area contributed by atoms with E-state index in [4.69, 9.17) is 0 Å². The van der Waals surface area contributed by atoms with Crippen LogP contribution in [0.15, 0.2) is 60.7 Å². The van der Waals surface area contributed by atoms with Gasteiger partial charge in [-0.1, -0.05) is 73.8 Å². The van der Waals surface area contributed by atoms with Gasteiger partial charge in [-0.2, -0.15) is 0 Å². The molecule has 0 amide bonds. The molecule has 0 atom stereocenters. The van der Waals surface area contributed by atoms with Crippen molar-refractivity contribution in [1.82, 2.24) is 0 Å². The zero-order chi connectivity index (χ0) is 11.4. The molecule has 2 heteroatoms. The molecule has 0 spiro atoms. The van der Waals surface area contributed by atoms with Gasteiger partial charge in [0.1, 0.15) is 0 Å². The van der Waals surface area contributed by atoms with Crippen LogP contribution in [-0.4, -0.2) is 15.8 Å². The molecule has 0 heterocycles. The lowest BCUT2D eigenvalue weighted by Gasteiger charge is -2.06. The SMILES string of the molecule is C/[Si](c1ccccc1)=[Si](\C)c1ccccc1. The standard InChI is InChI=1S/C14H16Si2/c1-15(13-9-5-3-6-10-13)16(2)14-11-7-4-8-12-14/h3-12H,1-2H3/b16-15-. The molecular weight excluding hydrogens is 224 g/mol. The van der Waals surface area contributed by atoms with Gasteiger partial charge in [-0.05, 0) is 10.4 Å². The largest absolute Gasteiger partial charge is 0.0623 e. The van der Waals surface area contributed by atoms with E-state index in [1.807, 2.05) is 0 Å². The smallest absolute Gasteiger partial charge is 0.0259 e. The van der Waals surface area contributed by atoms with E-state index in [0.29, 0.717) is 0 Å². The Bertz CT molecular complexity index is 439. The van der Waals surface area contributed by atoms with E-state index in [1.54, 1.807) is 10.4 Å². The average molecular weight is 240 g/mol. The average Bonchev–Trinajstić information content (AvgIpc) is 2.39. The summed E-state index contributed by atoms with van der Waals surface area (Å²) < 4.78 is 0. The Hall–Kier alpha value is -1.13. The van der Waals surface area contributed by atoms with Crippen molar-refractivity contribution in [2.75, 3.05) is 0 Å². The van der Waals surface area contributed by atoms with Crippen molar-refractivity contribution in [1.29, 1.82) is 0 Å². The first-order valence-corrected chi connectivity index (χ1v) is 10.6. The molecule has 0 unspecified atom stereocenters. The van der Waals surface area contributed by atoms with Crippen molar-refractivity contribution >= 4 is 26.2 Å². The number of rotatable bonds is 2. The molecule has 0 bridgehead atoms. The highest BCUT2D eigenvalue weighted by molar-refractivity contribution is 7.07. The molecule has 2 aromatic carbocycles. The van der Waals surface area contributed by atoms with Gasteiger partial charge < -0.3 is 0 Å². The van der Waals surface area contributed by atoms with Gasteiger partial charge in [0.25, 0.3) is 0 Å². The van der Waals surface area contributed by atoms with Gasteiger partial charge >= 0.3 is 0 Å². The van der Waals surface area contributed by atoms with Crippen LogP contribution in [-0.2, 0) is 0 Å². The van der Waals surface area contributed by atoms with Gasteiger partial charge in [-0.3, -0.25) is 0 Å². The van der Waals surface area contributed by atoms with E-state index < -0.39 is 15.8 Å². The number of hydrogen-bond acceptors (Lipinski definition) is 0. The van der Waals surface area contributed by atoms with Crippen LogP contribution < -0.4 is 10.4 Å². The first-order valence-electron chi connectivity index (χ1n) is 5.57. The molecule has 0 fully saturated rings. The molecule has 0 aliphatic heterocycles. The fraction of sp³-hybridized carbons (Fsp3) is 0.143. The van der Waals surface area contributed by atoms with Crippen molar-refractivity contribution < 1.29 is 0 Å². The van der Waals surface area contributed by atoms with Gasteiger partial charge in [0, 0.05) is 15.8 Å². The minimum Gasteiger partial charge on any atom is -0.0623 e. The summed E-state index contributed by atoms with van der Waals surface area (Å²) in [6.45, 7) is 4.89. The summed E-state index contributed by atoms with van der Waals surface area (Å²) in [7, 11) is -0.791. The lowest BCUT2D eigenvalue weighted by molar-refractivity contribution is 1.75. The Morgan fingerprint density at radius 1 is 0.562 bits per heavy atom. The summed E-state index contributed by atoms with van der Waals surface area (Å²) in [6.07, 6.45) is 0. The fourth-order valence-electron chi connectivity index (χ4n) is 1.81. The number of benzene rings is 2. The zero-order valence-electron chi connectivity index (χ0n) is 9.77. The minimum atomic E-state index is -0.395. The third-order valence-corrected chi connectivity index (χ3v) is 11.6. The molecule has 0 aliphatic carbocycles. The van der Waals surface area contributed by atoms with E-state index in [9.17, 15) is 0 Å². The molecule has 16 heavy (non-hydrogen) atoms. The lowest BCUT2D eigenvalue weighted by atomic mass is 10.4. The van der Waals surface area contributed by atoms with Gasteiger partial charge in [-0.15, -0.1) is 0 Å².